The van der Waals surface area contributed by atoms with Crippen LogP contribution in [-0.4, -0.2) is 41.0 Å². The van der Waals surface area contributed by atoms with Crippen LogP contribution < -0.4 is 5.43 Å². The topological polar surface area (TPSA) is 40.1 Å². The van der Waals surface area contributed by atoms with Gasteiger partial charge in [0.2, 0.25) is 0 Å². The van der Waals surface area contributed by atoms with E-state index in [1.165, 1.54) is 0 Å². The molecule has 1 N–H and O–H groups in total. The SMILES string of the molecule is ClC1=NN(Cl)NC(N2CCOCC2)=C1. The van der Waals surface area contributed by atoms with Crippen LogP contribution in [0.25, 0.3) is 0 Å². The summed E-state index contributed by atoms with van der Waals surface area (Å²) in [6.07, 6.45) is 1.74. The molecule has 0 spiro atoms. The van der Waals surface area contributed by atoms with Gasteiger partial charge in [0, 0.05) is 19.2 Å². The lowest BCUT2D eigenvalue weighted by molar-refractivity contribution is 0.0461. The minimum absolute atomic E-state index is 0.361. The summed E-state index contributed by atoms with van der Waals surface area (Å²) in [6.45, 7) is 3.09. The highest BCUT2D eigenvalue weighted by Gasteiger charge is 2.18. The fourth-order valence-corrected chi connectivity index (χ4v) is 1.73. The number of allylic oxidation sites excluding steroid dienone is 1. The zero-order chi connectivity index (χ0) is 9.97. The van der Waals surface area contributed by atoms with Crippen molar-refractivity contribution in [1.82, 2.24) is 15.0 Å². The average Bonchev–Trinajstić information content (AvgIpc) is 2.18. The van der Waals surface area contributed by atoms with Gasteiger partial charge in [0.05, 0.1) is 25.0 Å². The summed E-state index contributed by atoms with van der Waals surface area (Å²) >= 11 is 11.5. The van der Waals surface area contributed by atoms with E-state index in [2.05, 4.69) is 15.4 Å². The Labute approximate surface area is 92.0 Å². The van der Waals surface area contributed by atoms with Crippen molar-refractivity contribution in [1.29, 1.82) is 0 Å². The van der Waals surface area contributed by atoms with Crippen molar-refractivity contribution in [2.45, 2.75) is 0 Å². The molecule has 0 bridgehead atoms. The van der Waals surface area contributed by atoms with Gasteiger partial charge in [0.15, 0.2) is 5.17 Å². The Morgan fingerprint density at radius 3 is 2.79 bits per heavy atom. The van der Waals surface area contributed by atoms with Gasteiger partial charge in [0.1, 0.15) is 5.82 Å². The van der Waals surface area contributed by atoms with Crippen molar-refractivity contribution in [2.75, 3.05) is 26.3 Å². The predicted molar refractivity (Wildman–Crippen MR) is 54.6 cm³/mol. The summed E-state index contributed by atoms with van der Waals surface area (Å²) in [6, 6.07) is 0. The van der Waals surface area contributed by atoms with E-state index in [0.29, 0.717) is 5.17 Å². The first kappa shape index (κ1) is 9.89. The molecular weight excluding hydrogens is 227 g/mol. The molecule has 0 aromatic heterocycles. The van der Waals surface area contributed by atoms with Gasteiger partial charge in [-0.25, -0.2) is 0 Å². The van der Waals surface area contributed by atoms with E-state index in [9.17, 15) is 0 Å². The Kier molecular flexibility index (Phi) is 3.00. The first-order valence-corrected chi connectivity index (χ1v) is 4.98. The van der Waals surface area contributed by atoms with Crippen molar-refractivity contribution in [2.24, 2.45) is 5.10 Å². The molecule has 0 amide bonds. The molecule has 0 atom stereocenters. The summed E-state index contributed by atoms with van der Waals surface area (Å²) in [5, 5.41) is 4.12. The van der Waals surface area contributed by atoms with Gasteiger partial charge in [-0.1, -0.05) is 11.6 Å². The molecule has 0 aromatic carbocycles. The van der Waals surface area contributed by atoms with Gasteiger partial charge in [-0.05, 0) is 0 Å². The molecule has 0 radical (unpaired) electrons. The third-order valence-electron chi connectivity index (χ3n) is 2.00. The minimum atomic E-state index is 0.361. The van der Waals surface area contributed by atoms with Crippen molar-refractivity contribution < 1.29 is 4.74 Å². The standard InChI is InChI=1S/C7H10Cl2N4O/c8-6-5-7(11-13(9)10-6)12-1-3-14-4-2-12/h5,11H,1-4H2. The molecule has 7 heteroatoms. The Balaban J connectivity index is 2.06. The Bertz CT molecular complexity index is 275. The number of ether oxygens (including phenoxy) is 1. The van der Waals surface area contributed by atoms with Gasteiger partial charge in [-0.3, -0.25) is 5.43 Å². The average molecular weight is 237 g/mol. The number of hydrogen-bond donors (Lipinski definition) is 1. The molecule has 0 aromatic rings. The first-order chi connectivity index (χ1) is 6.75. The van der Waals surface area contributed by atoms with Crippen LogP contribution in [-0.2, 0) is 4.74 Å². The van der Waals surface area contributed by atoms with Crippen LogP contribution in [0, 0.1) is 0 Å². The van der Waals surface area contributed by atoms with Crippen LogP contribution in [0.15, 0.2) is 17.0 Å². The monoisotopic (exact) mass is 236 g/mol. The molecule has 78 valence electrons. The smallest absolute Gasteiger partial charge is 0.156 e. The Hall–Kier alpha value is -0.650. The van der Waals surface area contributed by atoms with Crippen LogP contribution in [0.3, 0.4) is 0 Å². The van der Waals surface area contributed by atoms with Gasteiger partial charge in [-0.2, -0.15) is 0 Å². The molecule has 5 nitrogen and oxygen atoms in total. The molecule has 0 aliphatic carbocycles. The maximum atomic E-state index is 5.78. The maximum absolute atomic E-state index is 5.78. The summed E-state index contributed by atoms with van der Waals surface area (Å²) in [5.74, 6) is 0.850. The Morgan fingerprint density at radius 1 is 1.43 bits per heavy atom. The second-order valence-corrected chi connectivity index (χ2v) is 3.63. The van der Waals surface area contributed by atoms with Crippen LogP contribution in [0.2, 0.25) is 0 Å². The molecule has 14 heavy (non-hydrogen) atoms. The van der Waals surface area contributed by atoms with Crippen LogP contribution >= 0.6 is 23.4 Å². The summed E-state index contributed by atoms with van der Waals surface area (Å²) in [4.78, 5) is 2.11. The molecule has 0 unspecified atom stereocenters. The fourth-order valence-electron chi connectivity index (χ4n) is 1.34. The number of nitrogens with zero attached hydrogens (tertiary/aromatic N) is 3. The second kappa shape index (κ2) is 4.25. The Morgan fingerprint density at radius 2 is 2.14 bits per heavy atom. The molecule has 0 saturated carbocycles. The first-order valence-electron chi connectivity index (χ1n) is 4.27. The zero-order valence-corrected chi connectivity index (χ0v) is 8.92. The maximum Gasteiger partial charge on any atom is 0.156 e. The number of morpholine rings is 1. The van der Waals surface area contributed by atoms with E-state index >= 15 is 0 Å². The number of halogens is 2. The van der Waals surface area contributed by atoms with Crippen molar-refractivity contribution in [3.8, 4) is 0 Å². The van der Waals surface area contributed by atoms with Gasteiger partial charge in [0.25, 0.3) is 0 Å². The highest BCUT2D eigenvalue weighted by molar-refractivity contribution is 6.68. The van der Waals surface area contributed by atoms with Crippen molar-refractivity contribution in [3.05, 3.63) is 11.9 Å². The molecule has 2 aliphatic rings. The van der Waals surface area contributed by atoms with Crippen LogP contribution in [0.4, 0.5) is 0 Å². The lowest BCUT2D eigenvalue weighted by Crippen LogP contribution is -2.44. The molecule has 1 fully saturated rings. The quantitative estimate of drug-likeness (QED) is 0.681. The lowest BCUT2D eigenvalue weighted by atomic mass is 10.4. The van der Waals surface area contributed by atoms with Crippen LogP contribution in [0.1, 0.15) is 0 Å². The number of rotatable bonds is 1. The normalized spacial score (nSPS) is 22.7. The largest absolute Gasteiger partial charge is 0.378 e. The van der Waals surface area contributed by atoms with E-state index in [0.717, 1.165) is 36.8 Å². The summed E-state index contributed by atoms with van der Waals surface area (Å²) in [7, 11) is 0. The number of hydrogen-bond acceptors (Lipinski definition) is 5. The van der Waals surface area contributed by atoms with E-state index in [1.807, 2.05) is 0 Å². The fraction of sp³-hybridized carbons (Fsp3) is 0.571. The minimum Gasteiger partial charge on any atom is -0.378 e. The third-order valence-corrected chi connectivity index (χ3v) is 2.34. The van der Waals surface area contributed by atoms with Gasteiger partial charge >= 0.3 is 0 Å². The number of nitrogens with one attached hydrogen (secondary N) is 1. The van der Waals surface area contributed by atoms with E-state index in [4.69, 9.17) is 28.1 Å². The molecule has 1 saturated heterocycles. The molecule has 2 aliphatic heterocycles. The second-order valence-electron chi connectivity index (χ2n) is 2.92. The molecule has 2 heterocycles. The van der Waals surface area contributed by atoms with Crippen LogP contribution in [0.5, 0.6) is 0 Å². The lowest BCUT2D eigenvalue weighted by Gasteiger charge is -2.33. The third kappa shape index (κ3) is 2.23. The summed E-state index contributed by atoms with van der Waals surface area (Å²) < 4.78 is 6.31. The van der Waals surface area contributed by atoms with Gasteiger partial charge in [-0.15, -0.1) is 9.74 Å². The molecule has 2 rings (SSSR count). The summed E-state index contributed by atoms with van der Waals surface area (Å²) in [5.41, 5.74) is 2.87. The van der Waals surface area contributed by atoms with E-state index in [-0.39, 0.29) is 0 Å². The van der Waals surface area contributed by atoms with Gasteiger partial charge < -0.3 is 9.64 Å². The number of hydrazine groups is 1. The molecular formula is C7H10Cl2N4O. The van der Waals surface area contributed by atoms with Crippen molar-refractivity contribution >= 4 is 28.5 Å². The zero-order valence-electron chi connectivity index (χ0n) is 7.41. The number of hydrazone groups is 1. The predicted octanol–water partition coefficient (Wildman–Crippen LogP) is 0.686. The van der Waals surface area contributed by atoms with E-state index < -0.39 is 0 Å². The highest BCUT2D eigenvalue weighted by atomic mass is 35.5. The van der Waals surface area contributed by atoms with E-state index in [1.54, 1.807) is 6.08 Å². The van der Waals surface area contributed by atoms with Crippen molar-refractivity contribution in [3.63, 3.8) is 0 Å². The highest BCUT2D eigenvalue weighted by Crippen LogP contribution is 2.12.